The standard InChI is InChI=1S/C23H19N3O4S3/c1-14-7-5-11-25-19(14)24-20(32-15-8-3-2-4-9-15)16(21(25)29)13-17-22(30)26(23(31)33-17)12-6-10-18(27)28/h2-5,7-9,11,13H,6,10,12H2,1H3,(H,27,28)/b17-13+. The number of nitrogens with zero attached hydrogens (tertiary/aromatic N) is 3. The fraction of sp³-hybridized carbons (Fsp3) is 0.174. The maximum absolute atomic E-state index is 13.4. The first-order chi connectivity index (χ1) is 15.8. The smallest absolute Gasteiger partial charge is 0.303 e. The summed E-state index contributed by atoms with van der Waals surface area (Å²) >= 11 is 7.79. The molecule has 10 heteroatoms. The van der Waals surface area contributed by atoms with Crippen LogP contribution in [0.5, 0.6) is 0 Å². The second-order valence-electron chi connectivity index (χ2n) is 7.27. The Bertz CT molecular complexity index is 1350. The zero-order chi connectivity index (χ0) is 23.5. The van der Waals surface area contributed by atoms with Crippen molar-refractivity contribution in [1.29, 1.82) is 0 Å². The number of benzene rings is 1. The van der Waals surface area contributed by atoms with E-state index in [0.717, 1.165) is 22.2 Å². The molecule has 1 amide bonds. The van der Waals surface area contributed by atoms with Crippen LogP contribution in [-0.2, 0) is 9.59 Å². The fourth-order valence-electron chi connectivity index (χ4n) is 3.31. The fourth-order valence-corrected chi connectivity index (χ4v) is 5.50. The number of carbonyl (C=O) groups excluding carboxylic acids is 1. The molecule has 0 aliphatic carbocycles. The van der Waals surface area contributed by atoms with Gasteiger partial charge in [-0.2, -0.15) is 0 Å². The number of aryl methyl sites for hydroxylation is 1. The maximum Gasteiger partial charge on any atom is 0.303 e. The van der Waals surface area contributed by atoms with Gasteiger partial charge in [0.25, 0.3) is 11.5 Å². The Morgan fingerprint density at radius 2 is 1.97 bits per heavy atom. The Labute approximate surface area is 203 Å². The zero-order valence-corrected chi connectivity index (χ0v) is 20.0. The van der Waals surface area contributed by atoms with Gasteiger partial charge in [-0.15, -0.1) is 0 Å². The summed E-state index contributed by atoms with van der Waals surface area (Å²) in [5.74, 6) is -1.26. The quantitative estimate of drug-likeness (QED) is 0.295. The van der Waals surface area contributed by atoms with Crippen LogP contribution >= 0.6 is 35.7 Å². The van der Waals surface area contributed by atoms with Gasteiger partial charge in [-0.3, -0.25) is 23.7 Å². The van der Waals surface area contributed by atoms with E-state index >= 15 is 0 Å². The van der Waals surface area contributed by atoms with Gasteiger partial charge in [-0.25, -0.2) is 4.98 Å². The molecule has 0 saturated carbocycles. The van der Waals surface area contributed by atoms with Gasteiger partial charge in [0.2, 0.25) is 0 Å². The minimum atomic E-state index is -0.927. The summed E-state index contributed by atoms with van der Waals surface area (Å²) in [5, 5.41) is 9.35. The van der Waals surface area contributed by atoms with Gasteiger partial charge in [0.15, 0.2) is 0 Å². The van der Waals surface area contributed by atoms with Gasteiger partial charge in [0.1, 0.15) is 15.0 Å². The number of hydrogen-bond donors (Lipinski definition) is 1. The predicted molar refractivity (Wildman–Crippen MR) is 134 cm³/mol. The molecule has 0 unspecified atom stereocenters. The van der Waals surface area contributed by atoms with E-state index in [1.165, 1.54) is 21.1 Å². The van der Waals surface area contributed by atoms with Crippen molar-refractivity contribution in [2.45, 2.75) is 29.7 Å². The van der Waals surface area contributed by atoms with E-state index in [9.17, 15) is 14.4 Å². The van der Waals surface area contributed by atoms with E-state index in [2.05, 4.69) is 0 Å². The molecule has 7 nitrogen and oxygen atoms in total. The van der Waals surface area contributed by atoms with E-state index < -0.39 is 5.97 Å². The van der Waals surface area contributed by atoms with Gasteiger partial charge in [-0.1, -0.05) is 60.0 Å². The lowest BCUT2D eigenvalue weighted by atomic mass is 10.2. The van der Waals surface area contributed by atoms with Crippen LogP contribution in [0.25, 0.3) is 11.7 Å². The number of aliphatic carboxylic acids is 1. The van der Waals surface area contributed by atoms with Crippen molar-refractivity contribution >= 4 is 63.7 Å². The average molecular weight is 498 g/mol. The average Bonchev–Trinajstić information content (AvgIpc) is 3.05. The highest BCUT2D eigenvalue weighted by Crippen LogP contribution is 2.35. The number of thiocarbonyl (C=S) groups is 1. The number of carboxylic acids is 1. The Morgan fingerprint density at radius 3 is 2.70 bits per heavy atom. The number of fused-ring (bicyclic) bond motifs is 1. The predicted octanol–water partition coefficient (Wildman–Crippen LogP) is 4.22. The number of thioether (sulfide) groups is 1. The molecule has 1 saturated heterocycles. The largest absolute Gasteiger partial charge is 0.481 e. The molecule has 168 valence electrons. The van der Waals surface area contributed by atoms with Crippen molar-refractivity contribution in [3.63, 3.8) is 0 Å². The van der Waals surface area contributed by atoms with Crippen LogP contribution < -0.4 is 5.56 Å². The summed E-state index contributed by atoms with van der Waals surface area (Å²) < 4.78 is 1.82. The lowest BCUT2D eigenvalue weighted by molar-refractivity contribution is -0.137. The third kappa shape index (κ3) is 5.02. The van der Waals surface area contributed by atoms with Crippen molar-refractivity contribution < 1.29 is 14.7 Å². The van der Waals surface area contributed by atoms with E-state index in [4.69, 9.17) is 22.3 Å². The Morgan fingerprint density at radius 1 is 1.21 bits per heavy atom. The summed E-state index contributed by atoms with van der Waals surface area (Å²) in [6.45, 7) is 2.11. The number of pyridine rings is 1. The molecule has 1 aliphatic rings. The van der Waals surface area contributed by atoms with Crippen LogP contribution in [0.3, 0.4) is 0 Å². The highest BCUT2D eigenvalue weighted by atomic mass is 32.2. The molecule has 1 fully saturated rings. The van der Waals surface area contributed by atoms with Gasteiger partial charge < -0.3 is 5.11 Å². The molecular formula is C23H19N3O4S3. The molecule has 0 atom stereocenters. The van der Waals surface area contributed by atoms with Crippen molar-refractivity contribution in [2.75, 3.05) is 6.54 Å². The SMILES string of the molecule is Cc1cccn2c(=O)c(/C=C3/SC(=S)N(CCCC(=O)O)C3=O)c(Sc3ccccc3)nc12. The number of carbonyl (C=O) groups is 2. The topological polar surface area (TPSA) is 92.0 Å². The molecule has 3 aromatic rings. The number of carboxylic acid groups (broad SMARTS) is 1. The molecule has 4 rings (SSSR count). The van der Waals surface area contributed by atoms with Gasteiger partial charge in [0.05, 0.1) is 10.5 Å². The second-order valence-corrected chi connectivity index (χ2v) is 10.0. The number of aromatic nitrogens is 2. The molecule has 3 heterocycles. The number of rotatable bonds is 7. The maximum atomic E-state index is 13.4. The minimum Gasteiger partial charge on any atom is -0.481 e. The molecule has 1 aliphatic heterocycles. The number of amides is 1. The zero-order valence-electron chi connectivity index (χ0n) is 17.6. The Balaban J connectivity index is 1.77. The van der Waals surface area contributed by atoms with Crippen LogP contribution in [0.4, 0.5) is 0 Å². The molecule has 2 aromatic heterocycles. The van der Waals surface area contributed by atoms with Crippen LogP contribution in [0.2, 0.25) is 0 Å². The molecular weight excluding hydrogens is 478 g/mol. The first-order valence-electron chi connectivity index (χ1n) is 10.1. The van der Waals surface area contributed by atoms with Crippen molar-refractivity contribution in [3.8, 4) is 0 Å². The van der Waals surface area contributed by atoms with Crippen LogP contribution in [-0.4, -0.2) is 42.1 Å². The van der Waals surface area contributed by atoms with Gasteiger partial charge in [-0.05, 0) is 43.2 Å². The summed E-state index contributed by atoms with van der Waals surface area (Å²) in [4.78, 5) is 44.6. The summed E-state index contributed by atoms with van der Waals surface area (Å²) in [6, 6.07) is 13.2. The summed E-state index contributed by atoms with van der Waals surface area (Å²) in [7, 11) is 0. The van der Waals surface area contributed by atoms with Crippen LogP contribution in [0.1, 0.15) is 24.0 Å². The Kier molecular flexibility index (Phi) is 6.96. The van der Waals surface area contributed by atoms with E-state index in [-0.39, 0.29) is 24.4 Å². The monoisotopic (exact) mass is 497 g/mol. The van der Waals surface area contributed by atoms with E-state index in [1.54, 1.807) is 18.3 Å². The molecule has 33 heavy (non-hydrogen) atoms. The summed E-state index contributed by atoms with van der Waals surface area (Å²) in [6.07, 6.45) is 3.45. The highest BCUT2D eigenvalue weighted by molar-refractivity contribution is 8.26. The molecule has 0 spiro atoms. The normalized spacial score (nSPS) is 15.1. The molecule has 0 radical (unpaired) electrons. The van der Waals surface area contributed by atoms with Crippen LogP contribution in [0, 0.1) is 6.92 Å². The van der Waals surface area contributed by atoms with Gasteiger partial charge >= 0.3 is 5.97 Å². The van der Waals surface area contributed by atoms with Gasteiger partial charge in [0, 0.05) is 24.1 Å². The van der Waals surface area contributed by atoms with Crippen molar-refractivity contribution in [1.82, 2.24) is 14.3 Å². The van der Waals surface area contributed by atoms with E-state index in [1.807, 2.05) is 43.3 Å². The first kappa shape index (κ1) is 23.2. The number of hydrogen-bond acceptors (Lipinski definition) is 7. The first-order valence-corrected chi connectivity index (χ1v) is 12.1. The van der Waals surface area contributed by atoms with Crippen molar-refractivity contribution in [2.24, 2.45) is 0 Å². The summed E-state index contributed by atoms with van der Waals surface area (Å²) in [5.41, 5.74) is 1.44. The molecule has 1 N–H and O–H groups in total. The lowest BCUT2D eigenvalue weighted by Crippen LogP contribution is -2.29. The van der Waals surface area contributed by atoms with Crippen molar-refractivity contribution in [3.05, 3.63) is 75.0 Å². The highest BCUT2D eigenvalue weighted by Gasteiger charge is 2.32. The molecule has 1 aromatic carbocycles. The molecule has 0 bridgehead atoms. The third-order valence-electron chi connectivity index (χ3n) is 4.93. The third-order valence-corrected chi connectivity index (χ3v) is 7.32. The second kappa shape index (κ2) is 9.90. The van der Waals surface area contributed by atoms with E-state index in [0.29, 0.717) is 31.9 Å². The minimum absolute atomic E-state index is 0.0523. The Hall–Kier alpha value is -2.95. The lowest BCUT2D eigenvalue weighted by Gasteiger charge is -2.13. The van der Waals surface area contributed by atoms with Crippen LogP contribution in [0.15, 0.2) is 68.3 Å².